The van der Waals surface area contributed by atoms with Crippen LogP contribution in [-0.2, 0) is 0 Å². The topological polar surface area (TPSA) is 0 Å². The smallest absolute Gasteiger partial charge is 0.0184 e. The van der Waals surface area contributed by atoms with Crippen molar-refractivity contribution in [3.05, 3.63) is 60.7 Å². The van der Waals surface area contributed by atoms with E-state index in [1.54, 1.807) is 0 Å². The Morgan fingerprint density at radius 3 is 1.08 bits per heavy atom. The first-order chi connectivity index (χ1) is 5.97. The lowest BCUT2D eigenvalue weighted by Gasteiger charge is -1.98. The third-order valence-electron chi connectivity index (χ3n) is 1.88. The molecule has 2 rings (SSSR count). The molecule has 2 aromatic carbocycles. The predicted octanol–water partition coefficient (Wildman–Crippen LogP) is 3.47. The van der Waals surface area contributed by atoms with Crippen LogP contribution in [0.25, 0.3) is 11.1 Å². The summed E-state index contributed by atoms with van der Waals surface area (Å²) >= 11 is 0. The normalized spacial score (nSPS) is 8.92. The molecular weight excluding hydrogens is 176 g/mol. The molecule has 0 saturated heterocycles. The molecule has 0 unspecified atom stereocenters. The van der Waals surface area contributed by atoms with Crippen LogP contribution in [0.15, 0.2) is 60.7 Å². The second-order valence-electron chi connectivity index (χ2n) is 2.73. The highest BCUT2D eigenvalue weighted by Crippen LogP contribution is 2.17. The minimum Gasteiger partial charge on any atom is -0.197 e. The lowest BCUT2D eigenvalue weighted by atomic mass is 10.1. The maximum atomic E-state index is 2.12. The van der Waals surface area contributed by atoms with Crippen LogP contribution in [0.4, 0.5) is 0 Å². The Kier molecular flexibility index (Phi) is 3.59. The van der Waals surface area contributed by atoms with E-state index in [0.29, 0.717) is 0 Å². The summed E-state index contributed by atoms with van der Waals surface area (Å²) in [7, 11) is 0. The van der Waals surface area contributed by atoms with Crippen LogP contribution in [0.1, 0.15) is 0 Å². The van der Waals surface area contributed by atoms with Crippen LogP contribution in [0.3, 0.4) is 0 Å². The first kappa shape index (κ1) is 9.87. The Labute approximate surface area is 85.7 Å². The Bertz CT molecular complexity index is 303. The minimum absolute atomic E-state index is 0. The molecule has 1 heteroatoms. The van der Waals surface area contributed by atoms with E-state index >= 15 is 0 Å². The van der Waals surface area contributed by atoms with E-state index in [1.165, 1.54) is 11.1 Å². The zero-order valence-corrected chi connectivity index (χ0v) is 8.27. The van der Waals surface area contributed by atoms with Crippen molar-refractivity contribution in [2.75, 3.05) is 0 Å². The Morgan fingerprint density at radius 2 is 0.769 bits per heavy atom. The molecule has 0 fully saturated rings. The van der Waals surface area contributed by atoms with Crippen molar-refractivity contribution in [1.82, 2.24) is 0 Å². The standard InChI is InChI=1S/C12H10.H2S/c1-3-7-11(8-4-1)12-9-5-2-6-10-12;/h1-10H;1H2. The zero-order valence-electron chi connectivity index (χ0n) is 7.27. The van der Waals surface area contributed by atoms with Crippen LogP contribution in [0.2, 0.25) is 0 Å². The first-order valence-corrected chi connectivity index (χ1v) is 4.07. The van der Waals surface area contributed by atoms with Gasteiger partial charge in [0.05, 0.1) is 0 Å². The molecule has 0 spiro atoms. The summed E-state index contributed by atoms with van der Waals surface area (Å²) in [6, 6.07) is 20.8. The lowest BCUT2D eigenvalue weighted by molar-refractivity contribution is 1.62. The minimum atomic E-state index is 0. The van der Waals surface area contributed by atoms with Gasteiger partial charge in [-0.05, 0) is 11.1 Å². The van der Waals surface area contributed by atoms with Crippen molar-refractivity contribution in [3.63, 3.8) is 0 Å². The third-order valence-corrected chi connectivity index (χ3v) is 1.88. The number of rotatable bonds is 1. The highest BCUT2D eigenvalue weighted by atomic mass is 32.1. The van der Waals surface area contributed by atoms with Gasteiger partial charge >= 0.3 is 0 Å². The summed E-state index contributed by atoms with van der Waals surface area (Å²) in [6.45, 7) is 0. The van der Waals surface area contributed by atoms with Crippen molar-refractivity contribution in [2.24, 2.45) is 0 Å². The van der Waals surface area contributed by atoms with Crippen LogP contribution in [0.5, 0.6) is 0 Å². The van der Waals surface area contributed by atoms with Crippen LogP contribution in [0, 0.1) is 0 Å². The fraction of sp³-hybridized carbons (Fsp3) is 0. The van der Waals surface area contributed by atoms with Gasteiger partial charge in [-0.1, -0.05) is 60.7 Å². The van der Waals surface area contributed by atoms with Crippen LogP contribution < -0.4 is 0 Å². The fourth-order valence-corrected chi connectivity index (χ4v) is 1.26. The predicted molar refractivity (Wildman–Crippen MR) is 62.3 cm³/mol. The molecular formula is C12H12S. The summed E-state index contributed by atoms with van der Waals surface area (Å²) in [4.78, 5) is 0. The molecule has 0 aliphatic heterocycles. The lowest BCUT2D eigenvalue weighted by Crippen LogP contribution is -1.73. The number of hydrogen-bond acceptors (Lipinski definition) is 0. The second kappa shape index (κ2) is 4.73. The molecule has 0 radical (unpaired) electrons. The maximum Gasteiger partial charge on any atom is -0.0184 e. The second-order valence-corrected chi connectivity index (χ2v) is 2.73. The van der Waals surface area contributed by atoms with Crippen LogP contribution >= 0.6 is 13.5 Å². The van der Waals surface area contributed by atoms with Gasteiger partial charge in [0.15, 0.2) is 0 Å². The average Bonchev–Trinajstić information content (AvgIpc) is 2.21. The molecule has 13 heavy (non-hydrogen) atoms. The molecule has 0 nitrogen and oxygen atoms in total. The van der Waals surface area contributed by atoms with Gasteiger partial charge in [-0.3, -0.25) is 0 Å². The molecule has 0 saturated carbocycles. The van der Waals surface area contributed by atoms with Crippen molar-refractivity contribution in [2.45, 2.75) is 0 Å². The van der Waals surface area contributed by atoms with Gasteiger partial charge in [-0.25, -0.2) is 0 Å². The average molecular weight is 188 g/mol. The Morgan fingerprint density at radius 1 is 0.462 bits per heavy atom. The van der Waals surface area contributed by atoms with E-state index in [2.05, 4.69) is 48.5 Å². The van der Waals surface area contributed by atoms with E-state index < -0.39 is 0 Å². The summed E-state index contributed by atoms with van der Waals surface area (Å²) in [5.74, 6) is 0. The highest BCUT2D eigenvalue weighted by Gasteiger charge is 1.91. The van der Waals surface area contributed by atoms with Gasteiger partial charge in [-0.15, -0.1) is 0 Å². The molecule has 0 heterocycles. The molecule has 66 valence electrons. The van der Waals surface area contributed by atoms with Crippen molar-refractivity contribution in [3.8, 4) is 11.1 Å². The van der Waals surface area contributed by atoms with Crippen molar-refractivity contribution < 1.29 is 0 Å². The monoisotopic (exact) mass is 188 g/mol. The molecule has 0 amide bonds. The molecule has 0 atom stereocenters. The summed E-state index contributed by atoms with van der Waals surface area (Å²) in [5.41, 5.74) is 2.55. The van der Waals surface area contributed by atoms with E-state index in [1.807, 2.05) is 12.1 Å². The molecule has 0 bridgehead atoms. The molecule has 0 N–H and O–H groups in total. The van der Waals surface area contributed by atoms with Gasteiger partial charge in [0.25, 0.3) is 0 Å². The number of benzene rings is 2. The van der Waals surface area contributed by atoms with Gasteiger partial charge in [0, 0.05) is 0 Å². The molecule has 0 aliphatic carbocycles. The van der Waals surface area contributed by atoms with E-state index in [-0.39, 0.29) is 13.5 Å². The summed E-state index contributed by atoms with van der Waals surface area (Å²) in [5, 5.41) is 0. The van der Waals surface area contributed by atoms with Gasteiger partial charge in [0.2, 0.25) is 0 Å². The Balaban J connectivity index is 0.000000845. The SMILES string of the molecule is S.c1ccc(-c2ccccc2)cc1. The van der Waals surface area contributed by atoms with Gasteiger partial charge in [0.1, 0.15) is 0 Å². The first-order valence-electron chi connectivity index (χ1n) is 4.07. The Hall–Kier alpha value is -1.21. The van der Waals surface area contributed by atoms with Gasteiger partial charge < -0.3 is 0 Å². The van der Waals surface area contributed by atoms with Gasteiger partial charge in [-0.2, -0.15) is 13.5 Å². The third kappa shape index (κ3) is 2.36. The van der Waals surface area contributed by atoms with E-state index in [9.17, 15) is 0 Å². The molecule has 0 aliphatic rings. The zero-order chi connectivity index (χ0) is 8.23. The fourth-order valence-electron chi connectivity index (χ4n) is 1.26. The molecule has 0 aromatic heterocycles. The van der Waals surface area contributed by atoms with E-state index in [0.717, 1.165) is 0 Å². The quantitative estimate of drug-likeness (QED) is 0.643. The highest BCUT2D eigenvalue weighted by molar-refractivity contribution is 7.59. The summed E-state index contributed by atoms with van der Waals surface area (Å²) < 4.78 is 0. The van der Waals surface area contributed by atoms with E-state index in [4.69, 9.17) is 0 Å². The largest absolute Gasteiger partial charge is 0.197 e. The summed E-state index contributed by atoms with van der Waals surface area (Å²) in [6.07, 6.45) is 0. The molecule has 2 aromatic rings. The number of hydrogen-bond donors (Lipinski definition) is 0. The maximum absolute atomic E-state index is 2.12. The van der Waals surface area contributed by atoms with Crippen LogP contribution in [-0.4, -0.2) is 0 Å². The van der Waals surface area contributed by atoms with Crippen molar-refractivity contribution >= 4 is 13.5 Å². The van der Waals surface area contributed by atoms with Crippen molar-refractivity contribution in [1.29, 1.82) is 0 Å².